The number of nitrogens with two attached hydrogens (primary N) is 1. The molecule has 2 heterocycles. The van der Waals surface area contributed by atoms with Gasteiger partial charge in [0.05, 0.1) is 16.9 Å². The predicted octanol–water partition coefficient (Wildman–Crippen LogP) is 6.25. The topological polar surface area (TPSA) is 95.4 Å². The monoisotopic (exact) mass is 583 g/mol. The zero-order valence-electron chi connectivity index (χ0n) is 23.7. The van der Waals surface area contributed by atoms with Crippen molar-refractivity contribution in [2.45, 2.75) is 32.7 Å². The second-order valence-electron chi connectivity index (χ2n) is 10.8. The van der Waals surface area contributed by atoms with Crippen molar-refractivity contribution in [2.24, 2.45) is 0 Å². The highest BCUT2D eigenvalue weighted by atomic mass is 35.5. The highest BCUT2D eigenvalue weighted by molar-refractivity contribution is 6.34. The van der Waals surface area contributed by atoms with Crippen molar-refractivity contribution in [2.75, 3.05) is 30.3 Å². The van der Waals surface area contributed by atoms with Gasteiger partial charge in [0, 0.05) is 52.9 Å². The third-order valence-electron chi connectivity index (χ3n) is 7.86. The normalized spacial score (nSPS) is 15.2. The summed E-state index contributed by atoms with van der Waals surface area (Å²) in [7, 11) is 0. The lowest BCUT2D eigenvalue weighted by Gasteiger charge is -2.41. The maximum Gasteiger partial charge on any atom is 0.275 e. The van der Waals surface area contributed by atoms with Gasteiger partial charge in [-0.15, -0.1) is 0 Å². The van der Waals surface area contributed by atoms with Crippen molar-refractivity contribution in [3.63, 3.8) is 0 Å². The van der Waals surface area contributed by atoms with Gasteiger partial charge in [-0.05, 0) is 54.8 Å². The first-order chi connectivity index (χ1) is 20.1. The van der Waals surface area contributed by atoms with Crippen LogP contribution in [0, 0.1) is 17.1 Å². The van der Waals surface area contributed by atoms with Crippen molar-refractivity contribution in [3.8, 4) is 22.9 Å². The van der Waals surface area contributed by atoms with E-state index in [0.717, 1.165) is 5.56 Å². The number of halogens is 2. The van der Waals surface area contributed by atoms with Crippen LogP contribution < -0.4 is 16.2 Å². The summed E-state index contributed by atoms with van der Waals surface area (Å²) in [6.07, 6.45) is 1.28. The van der Waals surface area contributed by atoms with Crippen molar-refractivity contribution in [1.29, 1.82) is 5.26 Å². The zero-order valence-corrected chi connectivity index (χ0v) is 24.5. The van der Waals surface area contributed by atoms with E-state index >= 15 is 4.39 Å². The molecule has 1 atom stereocenters. The molecule has 5 rings (SSSR count). The largest absolute Gasteiger partial charge is 0.398 e. The van der Waals surface area contributed by atoms with Crippen LogP contribution in [0.2, 0.25) is 5.02 Å². The molecule has 0 radical (unpaired) electrons. The Kier molecular flexibility index (Phi) is 7.81. The second kappa shape index (κ2) is 11.3. The third kappa shape index (κ3) is 4.80. The summed E-state index contributed by atoms with van der Waals surface area (Å²) in [5, 5.41) is 11.2. The molecule has 0 saturated carbocycles. The number of nitriles is 1. The Hall–Kier alpha value is -4.61. The summed E-state index contributed by atoms with van der Waals surface area (Å²) in [5.74, 6) is -0.654. The first kappa shape index (κ1) is 28.9. The number of pyridine rings is 1. The maximum atomic E-state index is 15.2. The standard InChI is InChI=1S/C33H31ClFN5O2/c1-5-30(41)38-13-14-39(20(4)18-38)32-23-15-25(34)22(31-26(35)10-8-11-27(31)37)16-29(23)40(33(42)24(32)17-36)28-12-7-6-9-21(28)19(2)3/h5-12,15-16,19-20H,1,13-14,18,37H2,2-4H3/t20-/m0/s1. The molecule has 4 aromatic rings. The molecule has 3 aromatic carbocycles. The summed E-state index contributed by atoms with van der Waals surface area (Å²) < 4.78 is 16.7. The number of benzene rings is 3. The minimum absolute atomic E-state index is 0.0365. The van der Waals surface area contributed by atoms with E-state index in [4.69, 9.17) is 17.3 Å². The number of hydrogen-bond donors (Lipinski definition) is 1. The number of nitrogens with zero attached hydrogens (tertiary/aromatic N) is 4. The molecule has 1 saturated heterocycles. The Balaban J connectivity index is 1.89. The second-order valence-corrected chi connectivity index (χ2v) is 11.2. The summed E-state index contributed by atoms with van der Waals surface area (Å²) in [5.41, 5.74) is 8.77. The van der Waals surface area contributed by atoms with Crippen LogP contribution in [0.4, 0.5) is 15.8 Å². The maximum absolute atomic E-state index is 15.2. The molecule has 0 aliphatic carbocycles. The van der Waals surface area contributed by atoms with Gasteiger partial charge in [0.1, 0.15) is 17.4 Å². The van der Waals surface area contributed by atoms with Crippen LogP contribution in [0.5, 0.6) is 0 Å². The number of amides is 1. The molecule has 2 N–H and O–H groups in total. The van der Waals surface area contributed by atoms with E-state index in [1.54, 1.807) is 23.1 Å². The SMILES string of the molecule is C=CC(=O)N1CCN(c2c(C#N)c(=O)n(-c3ccccc3C(C)C)c3cc(-c4c(N)cccc4F)c(Cl)cc23)[C@@H](C)C1. The molecule has 214 valence electrons. The molecule has 1 aliphatic heterocycles. The fourth-order valence-electron chi connectivity index (χ4n) is 5.85. The smallest absolute Gasteiger partial charge is 0.275 e. The molecule has 0 bridgehead atoms. The molecule has 9 heteroatoms. The predicted molar refractivity (Wildman–Crippen MR) is 167 cm³/mol. The van der Waals surface area contributed by atoms with Gasteiger partial charge < -0.3 is 15.5 Å². The Labute approximate surface area is 248 Å². The van der Waals surface area contributed by atoms with Crippen molar-refractivity contribution < 1.29 is 9.18 Å². The first-order valence-corrected chi connectivity index (χ1v) is 14.1. The van der Waals surface area contributed by atoms with Crippen LogP contribution in [-0.2, 0) is 4.79 Å². The Morgan fingerprint density at radius 2 is 1.93 bits per heavy atom. The number of aromatic nitrogens is 1. The molecule has 1 amide bonds. The molecule has 1 aromatic heterocycles. The van der Waals surface area contributed by atoms with E-state index in [0.29, 0.717) is 47.5 Å². The van der Waals surface area contributed by atoms with Gasteiger partial charge in [-0.25, -0.2) is 4.39 Å². The summed E-state index contributed by atoms with van der Waals surface area (Å²) in [6, 6.07) is 17.2. The molecular weight excluding hydrogens is 553 g/mol. The van der Waals surface area contributed by atoms with Crippen molar-refractivity contribution in [3.05, 3.63) is 99.6 Å². The van der Waals surface area contributed by atoms with E-state index in [2.05, 4.69) is 12.6 Å². The Morgan fingerprint density at radius 1 is 1.19 bits per heavy atom. The lowest BCUT2D eigenvalue weighted by molar-refractivity contribution is -0.126. The number of carbonyl (C=O) groups is 1. The van der Waals surface area contributed by atoms with Gasteiger partial charge >= 0.3 is 0 Å². The minimum Gasteiger partial charge on any atom is -0.398 e. The van der Waals surface area contributed by atoms with Gasteiger partial charge in [-0.2, -0.15) is 5.26 Å². The molecular formula is C33H31ClFN5O2. The number of carbonyl (C=O) groups excluding carboxylic acids is 1. The highest BCUT2D eigenvalue weighted by Crippen LogP contribution is 2.41. The van der Waals surface area contributed by atoms with Crippen molar-refractivity contribution >= 4 is 39.8 Å². The number of rotatable bonds is 5. The molecule has 42 heavy (non-hydrogen) atoms. The summed E-state index contributed by atoms with van der Waals surface area (Å²) in [6.45, 7) is 10.7. The fourth-order valence-corrected chi connectivity index (χ4v) is 6.11. The molecule has 1 fully saturated rings. The number of nitrogen functional groups attached to an aromatic ring is 1. The van der Waals surface area contributed by atoms with E-state index < -0.39 is 11.4 Å². The summed E-state index contributed by atoms with van der Waals surface area (Å²) in [4.78, 5) is 30.3. The van der Waals surface area contributed by atoms with Gasteiger partial charge in [-0.1, -0.05) is 56.3 Å². The zero-order chi connectivity index (χ0) is 30.3. The van der Waals surface area contributed by atoms with Crippen LogP contribution in [0.1, 0.15) is 37.8 Å². The number of anilines is 2. The van der Waals surface area contributed by atoms with E-state index in [1.807, 2.05) is 49.9 Å². The number of fused-ring (bicyclic) bond motifs is 1. The van der Waals surface area contributed by atoms with Crippen molar-refractivity contribution in [1.82, 2.24) is 9.47 Å². The van der Waals surface area contributed by atoms with Gasteiger partial charge in [0.25, 0.3) is 5.56 Å². The lowest BCUT2D eigenvalue weighted by atomic mass is 9.96. The van der Waals surface area contributed by atoms with Crippen LogP contribution in [0.3, 0.4) is 0 Å². The van der Waals surface area contributed by atoms with Gasteiger partial charge in [-0.3, -0.25) is 14.2 Å². The quantitative estimate of drug-likeness (QED) is 0.221. The number of para-hydroxylation sites is 1. The molecule has 0 unspecified atom stereocenters. The number of hydrogen-bond acceptors (Lipinski definition) is 5. The van der Waals surface area contributed by atoms with Crippen LogP contribution in [-0.4, -0.2) is 41.1 Å². The Bertz CT molecular complexity index is 1820. The van der Waals surface area contributed by atoms with E-state index in [1.165, 1.54) is 22.8 Å². The average molecular weight is 584 g/mol. The number of piperazine rings is 1. The summed E-state index contributed by atoms with van der Waals surface area (Å²) >= 11 is 6.85. The van der Waals surface area contributed by atoms with E-state index in [9.17, 15) is 14.9 Å². The molecule has 7 nitrogen and oxygen atoms in total. The van der Waals surface area contributed by atoms with Crippen LogP contribution in [0.15, 0.2) is 72.0 Å². The molecule has 1 aliphatic rings. The fraction of sp³-hybridized carbons (Fsp3) is 0.242. The van der Waals surface area contributed by atoms with Crippen LogP contribution in [0.25, 0.3) is 27.7 Å². The Morgan fingerprint density at radius 3 is 2.57 bits per heavy atom. The molecule has 0 spiro atoms. The highest BCUT2D eigenvalue weighted by Gasteiger charge is 2.31. The van der Waals surface area contributed by atoms with Gasteiger partial charge in [0.15, 0.2) is 0 Å². The lowest BCUT2D eigenvalue weighted by Crippen LogP contribution is -2.54. The minimum atomic E-state index is -0.543. The van der Waals surface area contributed by atoms with Crippen LogP contribution >= 0.6 is 11.6 Å². The van der Waals surface area contributed by atoms with Gasteiger partial charge in [0.2, 0.25) is 5.91 Å². The third-order valence-corrected chi connectivity index (χ3v) is 8.18. The first-order valence-electron chi connectivity index (χ1n) is 13.7. The average Bonchev–Trinajstić information content (AvgIpc) is 2.96. The van der Waals surface area contributed by atoms with E-state index in [-0.39, 0.29) is 39.7 Å².